The highest BCUT2D eigenvalue weighted by molar-refractivity contribution is 6.31. The van der Waals surface area contributed by atoms with Gasteiger partial charge in [0.2, 0.25) is 0 Å². The van der Waals surface area contributed by atoms with E-state index >= 15 is 0 Å². The molecule has 1 aromatic rings. The number of benzene rings is 1. The van der Waals surface area contributed by atoms with Crippen LogP contribution in [-0.2, 0) is 4.74 Å². The van der Waals surface area contributed by atoms with E-state index < -0.39 is 0 Å². The molecule has 1 heterocycles. The van der Waals surface area contributed by atoms with Crippen molar-refractivity contribution in [2.75, 3.05) is 13.1 Å². The monoisotopic (exact) mass is 297 g/mol. The maximum Gasteiger partial charge on any atom is 0.200 e. The van der Waals surface area contributed by atoms with Gasteiger partial charge in [0, 0.05) is 17.0 Å². The van der Waals surface area contributed by atoms with Crippen molar-refractivity contribution in [3.05, 3.63) is 28.8 Å². The van der Waals surface area contributed by atoms with E-state index in [1.807, 2.05) is 39.0 Å². The third-order valence-electron chi connectivity index (χ3n) is 3.59. The molecule has 1 N–H and O–H groups in total. The van der Waals surface area contributed by atoms with Crippen LogP contribution in [0.1, 0.15) is 32.3 Å². The molecule has 0 saturated carbocycles. The zero-order valence-electron chi connectivity index (χ0n) is 12.5. The molecule has 0 bridgehead atoms. The molecule has 2 rings (SSSR count). The zero-order chi connectivity index (χ0) is 14.5. The summed E-state index contributed by atoms with van der Waals surface area (Å²) in [6.45, 7) is 8.19. The Balaban J connectivity index is 2.03. The van der Waals surface area contributed by atoms with Crippen LogP contribution in [0.25, 0.3) is 0 Å². The van der Waals surface area contributed by atoms with Gasteiger partial charge in [-0.15, -0.1) is 0 Å². The van der Waals surface area contributed by atoms with Crippen LogP contribution in [0.4, 0.5) is 0 Å². The second-order valence-electron chi connectivity index (χ2n) is 5.69. The number of ether oxygens (including phenoxy) is 2. The third-order valence-corrected chi connectivity index (χ3v) is 4.00. The smallest absolute Gasteiger partial charge is 0.200 e. The molecule has 112 valence electrons. The summed E-state index contributed by atoms with van der Waals surface area (Å²) in [4.78, 5) is 0. The van der Waals surface area contributed by atoms with E-state index in [1.165, 1.54) is 6.42 Å². The summed E-state index contributed by atoms with van der Waals surface area (Å²) in [6, 6.07) is 5.74. The molecule has 0 radical (unpaired) electrons. The summed E-state index contributed by atoms with van der Waals surface area (Å²) >= 11 is 6.14. The summed E-state index contributed by atoms with van der Waals surface area (Å²) in [6.07, 6.45) is 2.04. The Morgan fingerprint density at radius 1 is 1.40 bits per heavy atom. The van der Waals surface area contributed by atoms with Crippen molar-refractivity contribution in [1.29, 1.82) is 0 Å². The van der Waals surface area contributed by atoms with E-state index in [2.05, 4.69) is 5.32 Å². The lowest BCUT2D eigenvalue weighted by Crippen LogP contribution is -2.28. The molecular weight excluding hydrogens is 274 g/mol. The minimum absolute atomic E-state index is 0.147. The summed E-state index contributed by atoms with van der Waals surface area (Å²) < 4.78 is 12.0. The van der Waals surface area contributed by atoms with Crippen molar-refractivity contribution in [1.82, 2.24) is 5.32 Å². The van der Waals surface area contributed by atoms with Crippen LogP contribution >= 0.6 is 11.6 Å². The van der Waals surface area contributed by atoms with Crippen molar-refractivity contribution < 1.29 is 9.47 Å². The molecule has 0 amide bonds. The van der Waals surface area contributed by atoms with E-state index in [1.54, 1.807) is 0 Å². The first kappa shape index (κ1) is 15.6. The van der Waals surface area contributed by atoms with Crippen molar-refractivity contribution in [3.8, 4) is 5.75 Å². The quantitative estimate of drug-likeness (QED) is 0.811. The first-order chi connectivity index (χ1) is 9.56. The molecule has 1 aliphatic rings. The molecule has 1 saturated heterocycles. The van der Waals surface area contributed by atoms with Crippen LogP contribution in [0.2, 0.25) is 5.02 Å². The van der Waals surface area contributed by atoms with Crippen molar-refractivity contribution in [2.45, 2.75) is 46.0 Å². The lowest BCUT2D eigenvalue weighted by molar-refractivity contribution is -0.118. The Kier molecular flexibility index (Phi) is 5.70. The van der Waals surface area contributed by atoms with Gasteiger partial charge in [0.1, 0.15) is 5.75 Å². The van der Waals surface area contributed by atoms with Gasteiger partial charge >= 0.3 is 0 Å². The normalized spacial score (nSPS) is 20.4. The minimum Gasteiger partial charge on any atom is -0.465 e. The van der Waals surface area contributed by atoms with Crippen LogP contribution in [-0.4, -0.2) is 25.5 Å². The fraction of sp³-hybridized carbons (Fsp3) is 0.625. The molecular formula is C16H24ClNO2. The Morgan fingerprint density at radius 3 is 2.85 bits per heavy atom. The molecule has 1 aromatic carbocycles. The maximum atomic E-state index is 6.14. The first-order valence-electron chi connectivity index (χ1n) is 7.34. The van der Waals surface area contributed by atoms with Gasteiger partial charge in [-0.05, 0) is 58.3 Å². The first-order valence-corrected chi connectivity index (χ1v) is 7.72. The molecule has 3 nitrogen and oxygen atoms in total. The van der Waals surface area contributed by atoms with Gasteiger partial charge in [0.05, 0.1) is 6.10 Å². The van der Waals surface area contributed by atoms with Crippen LogP contribution in [0.5, 0.6) is 5.75 Å². The van der Waals surface area contributed by atoms with E-state index in [9.17, 15) is 0 Å². The maximum absolute atomic E-state index is 6.14. The van der Waals surface area contributed by atoms with Crippen LogP contribution in [0.3, 0.4) is 0 Å². The van der Waals surface area contributed by atoms with Gasteiger partial charge in [-0.25, -0.2) is 0 Å². The van der Waals surface area contributed by atoms with Gasteiger partial charge in [-0.1, -0.05) is 17.7 Å². The number of hydrogen-bond acceptors (Lipinski definition) is 3. The highest BCUT2D eigenvalue weighted by Gasteiger charge is 2.23. The van der Waals surface area contributed by atoms with Gasteiger partial charge in [0.25, 0.3) is 0 Å². The Hall–Kier alpha value is -0.770. The summed E-state index contributed by atoms with van der Waals surface area (Å²) in [5.41, 5.74) is 0.969. The average molecular weight is 298 g/mol. The lowest BCUT2D eigenvalue weighted by Gasteiger charge is -2.25. The summed E-state index contributed by atoms with van der Waals surface area (Å²) in [5.74, 6) is 1.44. The van der Waals surface area contributed by atoms with Gasteiger partial charge < -0.3 is 14.8 Å². The minimum atomic E-state index is -0.211. The number of halogens is 1. The molecule has 0 spiro atoms. The number of nitrogens with one attached hydrogen (secondary N) is 1. The standard InChI is InChI=1S/C16H24ClNO2/c1-11(2)19-16(9-13-7-8-18-10-13)20-15-6-4-5-14(17)12(15)3/h4-6,11,13,16,18H,7-10H2,1-3H3/t13-,16-/m1/s1. The Labute approximate surface area is 126 Å². The van der Waals surface area contributed by atoms with Crippen LogP contribution in [0.15, 0.2) is 18.2 Å². The summed E-state index contributed by atoms with van der Waals surface area (Å²) in [7, 11) is 0. The topological polar surface area (TPSA) is 30.5 Å². The van der Waals surface area contributed by atoms with Crippen molar-refractivity contribution in [3.63, 3.8) is 0 Å². The Morgan fingerprint density at radius 2 is 2.20 bits per heavy atom. The SMILES string of the molecule is Cc1c(Cl)cccc1O[C@H](C[C@H]1CCNC1)OC(C)C. The number of hydrogen-bond donors (Lipinski definition) is 1. The molecule has 2 atom stereocenters. The molecule has 1 fully saturated rings. The third kappa shape index (κ3) is 4.37. The molecule has 0 unspecified atom stereocenters. The van der Waals surface area contributed by atoms with Crippen molar-refractivity contribution in [2.24, 2.45) is 5.92 Å². The fourth-order valence-electron chi connectivity index (χ4n) is 2.48. The second-order valence-corrected chi connectivity index (χ2v) is 6.10. The fourth-order valence-corrected chi connectivity index (χ4v) is 2.65. The Bertz CT molecular complexity index is 430. The molecule has 20 heavy (non-hydrogen) atoms. The average Bonchev–Trinajstić information content (AvgIpc) is 2.87. The lowest BCUT2D eigenvalue weighted by atomic mass is 10.0. The van der Waals surface area contributed by atoms with E-state index in [-0.39, 0.29) is 12.4 Å². The van der Waals surface area contributed by atoms with E-state index in [0.717, 1.165) is 35.8 Å². The second kappa shape index (κ2) is 7.30. The molecule has 4 heteroatoms. The largest absolute Gasteiger partial charge is 0.465 e. The van der Waals surface area contributed by atoms with Crippen LogP contribution < -0.4 is 10.1 Å². The predicted octanol–water partition coefficient (Wildman–Crippen LogP) is 3.78. The van der Waals surface area contributed by atoms with Crippen LogP contribution in [0, 0.1) is 12.8 Å². The predicted molar refractivity (Wildman–Crippen MR) is 82.4 cm³/mol. The zero-order valence-corrected chi connectivity index (χ0v) is 13.2. The highest BCUT2D eigenvalue weighted by atomic mass is 35.5. The molecule has 1 aliphatic heterocycles. The van der Waals surface area contributed by atoms with Crippen molar-refractivity contribution >= 4 is 11.6 Å². The van der Waals surface area contributed by atoms with E-state index in [4.69, 9.17) is 21.1 Å². The highest BCUT2D eigenvalue weighted by Crippen LogP contribution is 2.28. The van der Waals surface area contributed by atoms with E-state index in [0.29, 0.717) is 5.92 Å². The number of rotatable bonds is 6. The molecule has 0 aromatic heterocycles. The molecule has 0 aliphatic carbocycles. The summed E-state index contributed by atoms with van der Waals surface area (Å²) in [5, 5.41) is 4.11. The van der Waals surface area contributed by atoms with Gasteiger partial charge in [0.15, 0.2) is 6.29 Å². The van der Waals surface area contributed by atoms with Gasteiger partial charge in [-0.3, -0.25) is 0 Å². The van der Waals surface area contributed by atoms with Gasteiger partial charge in [-0.2, -0.15) is 0 Å².